The SMILES string of the molecule is CC[C@H](C(=O)NC(C)(C)C)N(Cc1ccccc1C)C(=O)COc1ccccc1C. The normalized spacial score (nSPS) is 12.2. The minimum absolute atomic E-state index is 0.115. The van der Waals surface area contributed by atoms with Crippen LogP contribution in [0.5, 0.6) is 5.75 Å². The van der Waals surface area contributed by atoms with Gasteiger partial charge in [0, 0.05) is 12.1 Å². The van der Waals surface area contributed by atoms with Gasteiger partial charge in [-0.3, -0.25) is 9.59 Å². The molecule has 0 saturated carbocycles. The molecule has 0 bridgehead atoms. The maximum Gasteiger partial charge on any atom is 0.261 e. The number of hydrogen-bond donors (Lipinski definition) is 1. The molecule has 1 atom stereocenters. The number of amides is 2. The Bertz CT molecular complexity index is 871. The number of benzene rings is 2. The number of para-hydroxylation sites is 1. The summed E-state index contributed by atoms with van der Waals surface area (Å²) in [6.07, 6.45) is 0.518. The Labute approximate surface area is 180 Å². The van der Waals surface area contributed by atoms with E-state index in [0.717, 1.165) is 16.7 Å². The van der Waals surface area contributed by atoms with E-state index in [1.165, 1.54) is 0 Å². The fraction of sp³-hybridized carbons (Fsp3) is 0.440. The van der Waals surface area contributed by atoms with Gasteiger partial charge in [0.05, 0.1) is 0 Å². The fourth-order valence-electron chi connectivity index (χ4n) is 3.28. The van der Waals surface area contributed by atoms with E-state index in [2.05, 4.69) is 5.32 Å². The monoisotopic (exact) mass is 410 g/mol. The molecule has 30 heavy (non-hydrogen) atoms. The van der Waals surface area contributed by atoms with Gasteiger partial charge >= 0.3 is 0 Å². The van der Waals surface area contributed by atoms with Gasteiger partial charge in [0.2, 0.25) is 5.91 Å². The molecule has 0 aliphatic carbocycles. The molecule has 5 nitrogen and oxygen atoms in total. The summed E-state index contributed by atoms with van der Waals surface area (Å²) in [6, 6.07) is 14.9. The van der Waals surface area contributed by atoms with Crippen LogP contribution in [0.1, 0.15) is 50.8 Å². The van der Waals surface area contributed by atoms with Crippen LogP contribution in [0.2, 0.25) is 0 Å². The van der Waals surface area contributed by atoms with E-state index >= 15 is 0 Å². The summed E-state index contributed by atoms with van der Waals surface area (Å²) in [4.78, 5) is 27.9. The van der Waals surface area contributed by atoms with Gasteiger partial charge < -0.3 is 15.0 Å². The number of carbonyl (C=O) groups is 2. The molecule has 0 spiro atoms. The fourth-order valence-corrected chi connectivity index (χ4v) is 3.28. The third-order valence-corrected chi connectivity index (χ3v) is 4.93. The van der Waals surface area contributed by atoms with Crippen LogP contribution in [0.4, 0.5) is 0 Å². The molecule has 0 radical (unpaired) electrons. The first-order valence-electron chi connectivity index (χ1n) is 10.5. The molecule has 1 N–H and O–H groups in total. The van der Waals surface area contributed by atoms with Gasteiger partial charge in [-0.1, -0.05) is 49.4 Å². The number of rotatable bonds is 8. The molecular weight excluding hydrogens is 376 g/mol. The van der Waals surface area contributed by atoms with Crippen LogP contribution in [0.15, 0.2) is 48.5 Å². The molecule has 0 aliphatic heterocycles. The van der Waals surface area contributed by atoms with E-state index in [0.29, 0.717) is 18.7 Å². The first-order valence-corrected chi connectivity index (χ1v) is 10.5. The van der Waals surface area contributed by atoms with Crippen molar-refractivity contribution in [2.75, 3.05) is 6.61 Å². The number of carbonyl (C=O) groups excluding carboxylic acids is 2. The Morgan fingerprint density at radius 2 is 1.60 bits per heavy atom. The Balaban J connectivity index is 2.27. The average Bonchev–Trinajstić information content (AvgIpc) is 2.67. The quantitative estimate of drug-likeness (QED) is 0.701. The lowest BCUT2D eigenvalue weighted by molar-refractivity contribution is -0.143. The second-order valence-electron chi connectivity index (χ2n) is 8.67. The predicted octanol–water partition coefficient (Wildman–Crippen LogP) is 4.40. The molecule has 0 aliphatic rings. The summed E-state index contributed by atoms with van der Waals surface area (Å²) in [6.45, 7) is 11.9. The zero-order valence-corrected chi connectivity index (χ0v) is 19.0. The van der Waals surface area contributed by atoms with Crippen molar-refractivity contribution in [3.8, 4) is 5.75 Å². The summed E-state index contributed by atoms with van der Waals surface area (Å²) in [7, 11) is 0. The summed E-state index contributed by atoms with van der Waals surface area (Å²) in [5.74, 6) is 0.314. The molecule has 0 fully saturated rings. The van der Waals surface area contributed by atoms with Crippen LogP contribution in [0.25, 0.3) is 0 Å². The van der Waals surface area contributed by atoms with Gasteiger partial charge in [-0.15, -0.1) is 0 Å². The lowest BCUT2D eigenvalue weighted by Crippen LogP contribution is -2.54. The molecule has 2 aromatic rings. The predicted molar refractivity (Wildman–Crippen MR) is 120 cm³/mol. The summed E-state index contributed by atoms with van der Waals surface area (Å²) in [5.41, 5.74) is 2.69. The third kappa shape index (κ3) is 6.61. The van der Waals surface area contributed by atoms with Crippen molar-refractivity contribution in [1.82, 2.24) is 10.2 Å². The smallest absolute Gasteiger partial charge is 0.261 e. The standard InChI is InChI=1S/C25H34N2O3/c1-7-21(24(29)26-25(4,5)6)27(16-20-14-10-8-12-18(20)2)23(28)17-30-22-15-11-9-13-19(22)3/h8-15,21H,7,16-17H2,1-6H3,(H,26,29)/t21-/m1/s1. The number of ether oxygens (including phenoxy) is 1. The van der Waals surface area contributed by atoms with E-state index in [9.17, 15) is 9.59 Å². The van der Waals surface area contributed by atoms with Gasteiger partial charge in [0.25, 0.3) is 5.91 Å². The highest BCUT2D eigenvalue weighted by Gasteiger charge is 2.31. The van der Waals surface area contributed by atoms with E-state index < -0.39 is 6.04 Å². The summed E-state index contributed by atoms with van der Waals surface area (Å²) in [5, 5.41) is 3.02. The average molecular weight is 411 g/mol. The van der Waals surface area contributed by atoms with Crippen molar-refractivity contribution in [3.05, 3.63) is 65.2 Å². The summed E-state index contributed by atoms with van der Waals surface area (Å²) < 4.78 is 5.80. The molecule has 0 heterocycles. The van der Waals surface area contributed by atoms with Crippen molar-refractivity contribution in [3.63, 3.8) is 0 Å². The third-order valence-electron chi connectivity index (χ3n) is 4.93. The minimum Gasteiger partial charge on any atom is -0.484 e. The number of hydrogen-bond acceptors (Lipinski definition) is 3. The topological polar surface area (TPSA) is 58.6 Å². The molecule has 0 saturated heterocycles. The molecular formula is C25H34N2O3. The van der Waals surface area contributed by atoms with E-state index in [-0.39, 0.29) is 24.0 Å². The van der Waals surface area contributed by atoms with Gasteiger partial charge in [-0.05, 0) is 63.8 Å². The highest BCUT2D eigenvalue weighted by Crippen LogP contribution is 2.19. The Kier molecular flexibility index (Phi) is 8.04. The van der Waals surface area contributed by atoms with Crippen molar-refractivity contribution in [1.29, 1.82) is 0 Å². The van der Waals surface area contributed by atoms with Crippen molar-refractivity contribution in [2.24, 2.45) is 0 Å². The van der Waals surface area contributed by atoms with Crippen LogP contribution in [0, 0.1) is 13.8 Å². The molecule has 162 valence electrons. The van der Waals surface area contributed by atoms with Crippen LogP contribution in [0.3, 0.4) is 0 Å². The van der Waals surface area contributed by atoms with Gasteiger partial charge in [-0.2, -0.15) is 0 Å². The van der Waals surface area contributed by atoms with Gasteiger partial charge in [-0.25, -0.2) is 0 Å². The van der Waals surface area contributed by atoms with Gasteiger partial charge in [0.1, 0.15) is 11.8 Å². The van der Waals surface area contributed by atoms with Crippen molar-refractivity contribution < 1.29 is 14.3 Å². The Hall–Kier alpha value is -2.82. The molecule has 5 heteroatoms. The Morgan fingerprint density at radius 1 is 1.00 bits per heavy atom. The molecule has 0 unspecified atom stereocenters. The lowest BCUT2D eigenvalue weighted by atomic mass is 10.0. The number of nitrogens with one attached hydrogen (secondary N) is 1. The molecule has 2 amide bonds. The highest BCUT2D eigenvalue weighted by atomic mass is 16.5. The molecule has 0 aromatic heterocycles. The van der Waals surface area contributed by atoms with E-state index in [1.54, 1.807) is 4.90 Å². The first kappa shape index (κ1) is 23.5. The zero-order valence-electron chi connectivity index (χ0n) is 19.0. The highest BCUT2D eigenvalue weighted by molar-refractivity contribution is 5.88. The number of nitrogens with zero attached hydrogens (tertiary/aromatic N) is 1. The maximum atomic E-state index is 13.2. The minimum atomic E-state index is -0.572. The van der Waals surface area contributed by atoms with E-state index in [4.69, 9.17) is 4.74 Å². The zero-order chi connectivity index (χ0) is 22.3. The van der Waals surface area contributed by atoms with E-state index in [1.807, 2.05) is 90.1 Å². The Morgan fingerprint density at radius 3 is 2.17 bits per heavy atom. The van der Waals surface area contributed by atoms with Crippen molar-refractivity contribution in [2.45, 2.75) is 66.1 Å². The number of aryl methyl sites for hydroxylation is 2. The molecule has 2 aromatic carbocycles. The van der Waals surface area contributed by atoms with Crippen LogP contribution >= 0.6 is 0 Å². The lowest BCUT2D eigenvalue weighted by Gasteiger charge is -2.33. The largest absolute Gasteiger partial charge is 0.484 e. The molecule has 2 rings (SSSR count). The van der Waals surface area contributed by atoms with Crippen LogP contribution < -0.4 is 10.1 Å². The van der Waals surface area contributed by atoms with Crippen LogP contribution in [-0.2, 0) is 16.1 Å². The summed E-state index contributed by atoms with van der Waals surface area (Å²) >= 11 is 0. The second-order valence-corrected chi connectivity index (χ2v) is 8.67. The van der Waals surface area contributed by atoms with Crippen molar-refractivity contribution >= 4 is 11.8 Å². The maximum absolute atomic E-state index is 13.2. The second kappa shape index (κ2) is 10.3. The first-order chi connectivity index (χ1) is 14.1. The van der Waals surface area contributed by atoms with Crippen LogP contribution in [-0.4, -0.2) is 34.9 Å². The van der Waals surface area contributed by atoms with Gasteiger partial charge in [0.15, 0.2) is 6.61 Å².